The average Bonchev–Trinajstić information content (AvgIpc) is 2.82. The van der Waals surface area contributed by atoms with Crippen LogP contribution in [0.4, 0.5) is 5.69 Å². The van der Waals surface area contributed by atoms with Crippen molar-refractivity contribution in [3.63, 3.8) is 0 Å². The summed E-state index contributed by atoms with van der Waals surface area (Å²) in [5.41, 5.74) is 1.98. The Morgan fingerprint density at radius 2 is 2.25 bits per heavy atom. The van der Waals surface area contributed by atoms with Crippen molar-refractivity contribution in [2.45, 2.75) is 13.0 Å². The number of anilines is 1. The molecule has 0 atom stereocenters. The van der Waals surface area contributed by atoms with E-state index in [9.17, 15) is 4.79 Å². The number of thiazole rings is 1. The van der Waals surface area contributed by atoms with Gasteiger partial charge in [-0.25, -0.2) is 4.98 Å². The van der Waals surface area contributed by atoms with Gasteiger partial charge in [-0.15, -0.1) is 11.3 Å². The normalized spacial score (nSPS) is 10.3. The van der Waals surface area contributed by atoms with E-state index in [2.05, 4.69) is 10.3 Å². The molecule has 0 aliphatic heterocycles. The van der Waals surface area contributed by atoms with Crippen LogP contribution in [0, 0.1) is 0 Å². The van der Waals surface area contributed by atoms with Crippen molar-refractivity contribution < 1.29 is 4.79 Å². The minimum Gasteiger partial charge on any atom is -0.380 e. The quantitative estimate of drug-likeness (QED) is 0.923. The van der Waals surface area contributed by atoms with Crippen LogP contribution in [0.1, 0.15) is 10.4 Å². The number of nitrogens with zero attached hydrogens (tertiary/aromatic N) is 2. The maximum atomic E-state index is 11.7. The van der Waals surface area contributed by atoms with E-state index in [0.29, 0.717) is 17.4 Å². The van der Waals surface area contributed by atoms with Gasteiger partial charge in [0.1, 0.15) is 0 Å². The van der Waals surface area contributed by atoms with Crippen LogP contribution in [0.2, 0.25) is 4.47 Å². The molecule has 1 amide bonds. The van der Waals surface area contributed by atoms with Gasteiger partial charge in [0.25, 0.3) is 0 Å². The van der Waals surface area contributed by atoms with Crippen molar-refractivity contribution >= 4 is 34.5 Å². The molecule has 0 radical (unpaired) electrons. The molecule has 0 unspecified atom stereocenters. The third kappa shape index (κ3) is 4.21. The van der Waals surface area contributed by atoms with Crippen molar-refractivity contribution in [2.75, 3.05) is 19.4 Å². The Morgan fingerprint density at radius 3 is 2.90 bits per heavy atom. The van der Waals surface area contributed by atoms with Crippen LogP contribution >= 0.6 is 22.9 Å². The second kappa shape index (κ2) is 6.72. The van der Waals surface area contributed by atoms with Gasteiger partial charge < -0.3 is 10.2 Å². The van der Waals surface area contributed by atoms with Gasteiger partial charge >= 0.3 is 0 Å². The zero-order valence-electron chi connectivity index (χ0n) is 11.4. The number of nitrogens with one attached hydrogen (secondary N) is 1. The molecule has 0 saturated carbocycles. The van der Waals surface area contributed by atoms with Crippen LogP contribution in [0.25, 0.3) is 0 Å². The summed E-state index contributed by atoms with van der Waals surface area (Å²) >= 11 is 7.25. The Kier molecular flexibility index (Phi) is 4.98. The predicted molar refractivity (Wildman–Crippen MR) is 83.3 cm³/mol. The van der Waals surface area contributed by atoms with Gasteiger partial charge in [0.05, 0.1) is 13.0 Å². The second-order valence-electron chi connectivity index (χ2n) is 4.60. The monoisotopic (exact) mass is 309 g/mol. The SMILES string of the molecule is CN(C)C(=O)Cc1cccc(NCc2cnc(Cl)s2)c1. The summed E-state index contributed by atoms with van der Waals surface area (Å²) < 4.78 is 0.548. The van der Waals surface area contributed by atoms with E-state index in [-0.39, 0.29) is 5.91 Å². The highest BCUT2D eigenvalue weighted by molar-refractivity contribution is 7.15. The van der Waals surface area contributed by atoms with E-state index < -0.39 is 0 Å². The fourth-order valence-corrected chi connectivity index (χ4v) is 2.60. The Morgan fingerprint density at radius 1 is 1.45 bits per heavy atom. The van der Waals surface area contributed by atoms with Crippen LogP contribution < -0.4 is 5.32 Å². The van der Waals surface area contributed by atoms with Crippen molar-refractivity contribution in [3.05, 3.63) is 45.4 Å². The molecule has 106 valence electrons. The van der Waals surface area contributed by atoms with Gasteiger partial charge in [-0.05, 0) is 17.7 Å². The average molecular weight is 310 g/mol. The van der Waals surface area contributed by atoms with E-state index in [1.807, 2.05) is 24.3 Å². The highest BCUT2D eigenvalue weighted by Crippen LogP contribution is 2.19. The molecular formula is C14H16ClN3OS. The lowest BCUT2D eigenvalue weighted by atomic mass is 10.1. The molecule has 0 spiro atoms. The molecule has 6 heteroatoms. The van der Waals surface area contributed by atoms with Crippen LogP contribution in [-0.4, -0.2) is 29.9 Å². The number of hydrogen-bond donors (Lipinski definition) is 1. The van der Waals surface area contributed by atoms with Crippen LogP contribution in [0.5, 0.6) is 0 Å². The van der Waals surface area contributed by atoms with Crippen molar-refractivity contribution in [2.24, 2.45) is 0 Å². The number of carbonyl (C=O) groups is 1. The second-order valence-corrected chi connectivity index (χ2v) is 6.30. The number of hydrogen-bond acceptors (Lipinski definition) is 4. The minimum absolute atomic E-state index is 0.0939. The Hall–Kier alpha value is -1.59. The third-order valence-electron chi connectivity index (χ3n) is 2.77. The first-order valence-electron chi connectivity index (χ1n) is 6.18. The van der Waals surface area contributed by atoms with Crippen LogP contribution in [0.3, 0.4) is 0 Å². The van der Waals surface area contributed by atoms with Gasteiger partial charge in [-0.3, -0.25) is 4.79 Å². The summed E-state index contributed by atoms with van der Waals surface area (Å²) in [6.45, 7) is 0.676. The highest BCUT2D eigenvalue weighted by atomic mass is 35.5. The smallest absolute Gasteiger partial charge is 0.226 e. The molecule has 1 heterocycles. The number of benzene rings is 1. The molecule has 4 nitrogen and oxygen atoms in total. The number of aromatic nitrogens is 1. The van der Waals surface area contributed by atoms with E-state index in [1.165, 1.54) is 11.3 Å². The van der Waals surface area contributed by atoms with E-state index in [0.717, 1.165) is 16.1 Å². The van der Waals surface area contributed by atoms with E-state index in [1.54, 1.807) is 25.2 Å². The summed E-state index contributed by atoms with van der Waals surface area (Å²) in [7, 11) is 3.52. The van der Waals surface area contributed by atoms with Crippen LogP contribution in [-0.2, 0) is 17.8 Å². The van der Waals surface area contributed by atoms with Gasteiger partial charge in [-0.1, -0.05) is 23.7 Å². The first kappa shape index (κ1) is 14.8. The van der Waals surface area contributed by atoms with E-state index >= 15 is 0 Å². The number of amides is 1. The molecule has 0 bridgehead atoms. The summed E-state index contributed by atoms with van der Waals surface area (Å²) in [4.78, 5) is 18.4. The number of rotatable bonds is 5. The molecule has 1 aromatic carbocycles. The minimum atomic E-state index is 0.0939. The maximum absolute atomic E-state index is 11.7. The molecule has 2 rings (SSSR count). The fraction of sp³-hybridized carbons (Fsp3) is 0.286. The largest absolute Gasteiger partial charge is 0.380 e. The molecule has 0 saturated heterocycles. The Bertz CT molecular complexity index is 598. The summed E-state index contributed by atoms with van der Waals surface area (Å²) in [6, 6.07) is 7.87. The fourth-order valence-electron chi connectivity index (χ4n) is 1.68. The van der Waals surface area contributed by atoms with Crippen molar-refractivity contribution in [3.8, 4) is 0 Å². The molecule has 0 aliphatic carbocycles. The molecule has 0 fully saturated rings. The summed E-state index contributed by atoms with van der Waals surface area (Å²) in [5, 5.41) is 3.30. The number of likely N-dealkylation sites (N-methyl/N-ethyl adjacent to an activating group) is 1. The third-order valence-corrected chi connectivity index (χ3v) is 3.89. The topological polar surface area (TPSA) is 45.2 Å². The zero-order chi connectivity index (χ0) is 14.5. The lowest BCUT2D eigenvalue weighted by Gasteiger charge is -2.11. The molecular weight excluding hydrogens is 294 g/mol. The van der Waals surface area contributed by atoms with Gasteiger partial charge in [-0.2, -0.15) is 0 Å². The molecule has 1 N–H and O–H groups in total. The lowest BCUT2D eigenvalue weighted by Crippen LogP contribution is -2.23. The Labute approximate surface area is 127 Å². The molecule has 1 aromatic heterocycles. The van der Waals surface area contributed by atoms with Crippen LogP contribution in [0.15, 0.2) is 30.5 Å². The zero-order valence-corrected chi connectivity index (χ0v) is 13.0. The standard InChI is InChI=1S/C14H16ClN3OS/c1-18(2)13(19)7-10-4-3-5-11(6-10)16-8-12-9-17-14(15)20-12/h3-6,9,16H,7-8H2,1-2H3. The van der Waals surface area contributed by atoms with Gasteiger partial charge in [0.2, 0.25) is 5.91 Å². The first-order valence-corrected chi connectivity index (χ1v) is 7.37. The first-order chi connectivity index (χ1) is 9.54. The van der Waals surface area contributed by atoms with Crippen molar-refractivity contribution in [1.29, 1.82) is 0 Å². The predicted octanol–water partition coefficient (Wildman–Crippen LogP) is 3.04. The van der Waals surface area contributed by atoms with E-state index in [4.69, 9.17) is 11.6 Å². The summed E-state index contributed by atoms with van der Waals surface area (Å²) in [6.07, 6.45) is 2.17. The molecule has 2 aromatic rings. The van der Waals surface area contributed by atoms with Crippen molar-refractivity contribution in [1.82, 2.24) is 9.88 Å². The highest BCUT2D eigenvalue weighted by Gasteiger charge is 2.06. The lowest BCUT2D eigenvalue weighted by molar-refractivity contribution is -0.127. The summed E-state index contributed by atoms with van der Waals surface area (Å²) in [5.74, 6) is 0.0939. The van der Waals surface area contributed by atoms with Gasteiger partial charge in [0, 0.05) is 30.9 Å². The molecule has 20 heavy (non-hydrogen) atoms. The number of halogens is 1. The Balaban J connectivity index is 1.97. The molecule has 0 aliphatic rings. The maximum Gasteiger partial charge on any atom is 0.226 e. The number of carbonyl (C=O) groups excluding carboxylic acids is 1. The van der Waals surface area contributed by atoms with Gasteiger partial charge in [0.15, 0.2) is 4.47 Å².